The van der Waals surface area contributed by atoms with Crippen LogP contribution in [0.4, 0.5) is 5.69 Å². The van der Waals surface area contributed by atoms with E-state index in [1.165, 1.54) is 5.56 Å². The Bertz CT molecular complexity index is 437. The van der Waals surface area contributed by atoms with Crippen molar-refractivity contribution in [2.45, 2.75) is 47.0 Å². The van der Waals surface area contributed by atoms with Crippen LogP contribution in [0.15, 0.2) is 18.2 Å². The molecule has 1 rings (SSSR count). The predicted octanol–water partition coefficient (Wildman–Crippen LogP) is 3.79. The topological polar surface area (TPSA) is 32.3 Å². The highest BCUT2D eigenvalue weighted by Gasteiger charge is 2.12. The number of nitrogens with one attached hydrogen (secondary N) is 1. The van der Waals surface area contributed by atoms with Crippen LogP contribution in [0.2, 0.25) is 0 Å². The molecule has 0 fully saturated rings. The lowest BCUT2D eigenvalue weighted by Gasteiger charge is -2.19. The van der Waals surface area contributed by atoms with E-state index in [0.717, 1.165) is 30.9 Å². The zero-order valence-electron chi connectivity index (χ0n) is 13.5. The summed E-state index contributed by atoms with van der Waals surface area (Å²) in [6.45, 7) is 13.4. The highest BCUT2D eigenvalue weighted by Crippen LogP contribution is 2.27. The molecule has 0 heterocycles. The van der Waals surface area contributed by atoms with Crippen LogP contribution < -0.4 is 5.32 Å². The van der Waals surface area contributed by atoms with Crippen molar-refractivity contribution in [1.82, 2.24) is 4.90 Å². The van der Waals surface area contributed by atoms with Gasteiger partial charge in [-0.15, -0.1) is 0 Å². The summed E-state index contributed by atoms with van der Waals surface area (Å²) in [6.07, 6.45) is 0.549. The monoisotopic (exact) mass is 276 g/mol. The van der Waals surface area contributed by atoms with Crippen molar-refractivity contribution in [1.29, 1.82) is 0 Å². The molecule has 0 spiro atoms. The summed E-state index contributed by atoms with van der Waals surface area (Å²) in [4.78, 5) is 14.4. The zero-order valence-corrected chi connectivity index (χ0v) is 13.5. The van der Waals surface area contributed by atoms with E-state index in [1.807, 2.05) is 13.0 Å². The summed E-state index contributed by atoms with van der Waals surface area (Å²) < 4.78 is 0. The number of carbonyl (C=O) groups is 1. The molecule has 0 saturated carbocycles. The van der Waals surface area contributed by atoms with Gasteiger partial charge in [0.25, 0.3) is 0 Å². The number of benzene rings is 1. The lowest BCUT2D eigenvalue weighted by Crippen LogP contribution is -2.27. The maximum Gasteiger partial charge on any atom is 0.225 e. The summed E-state index contributed by atoms with van der Waals surface area (Å²) in [6, 6.07) is 6.19. The average Bonchev–Trinajstić information content (AvgIpc) is 2.42. The molecule has 0 aliphatic heterocycles. The molecular formula is C17H28N2O. The highest BCUT2D eigenvalue weighted by molar-refractivity contribution is 5.92. The Morgan fingerprint density at radius 1 is 1.25 bits per heavy atom. The first kappa shape index (κ1) is 16.7. The highest BCUT2D eigenvalue weighted by atomic mass is 16.1. The van der Waals surface area contributed by atoms with Crippen molar-refractivity contribution < 1.29 is 4.79 Å². The van der Waals surface area contributed by atoms with Gasteiger partial charge >= 0.3 is 0 Å². The molecular weight excluding hydrogens is 248 g/mol. The number of para-hydroxylation sites is 1. The molecule has 0 aliphatic rings. The van der Waals surface area contributed by atoms with Gasteiger partial charge in [-0.05, 0) is 37.1 Å². The SMILES string of the molecule is CCN(CC)CCC(=O)Nc1c(C)cccc1C(C)C. The van der Waals surface area contributed by atoms with Crippen LogP contribution >= 0.6 is 0 Å². The largest absolute Gasteiger partial charge is 0.326 e. The number of anilines is 1. The second-order valence-electron chi connectivity index (χ2n) is 5.52. The third-order valence-corrected chi connectivity index (χ3v) is 3.74. The van der Waals surface area contributed by atoms with Gasteiger partial charge in [0.2, 0.25) is 5.91 Å². The first-order valence-electron chi connectivity index (χ1n) is 7.61. The first-order chi connectivity index (χ1) is 9.49. The van der Waals surface area contributed by atoms with Crippen molar-refractivity contribution in [3.8, 4) is 0 Å². The maximum atomic E-state index is 12.1. The van der Waals surface area contributed by atoms with Crippen molar-refractivity contribution in [2.75, 3.05) is 25.0 Å². The fourth-order valence-electron chi connectivity index (χ4n) is 2.34. The number of hydrogen-bond acceptors (Lipinski definition) is 2. The predicted molar refractivity (Wildman–Crippen MR) is 86.3 cm³/mol. The van der Waals surface area contributed by atoms with Crippen LogP contribution in [0.25, 0.3) is 0 Å². The number of carbonyl (C=O) groups excluding carboxylic acids is 1. The van der Waals surface area contributed by atoms with Gasteiger partial charge in [0.1, 0.15) is 0 Å². The van der Waals surface area contributed by atoms with Gasteiger partial charge in [0, 0.05) is 18.7 Å². The van der Waals surface area contributed by atoms with E-state index in [2.05, 4.69) is 50.0 Å². The molecule has 3 nitrogen and oxygen atoms in total. The normalized spacial score (nSPS) is 11.2. The number of nitrogens with zero attached hydrogens (tertiary/aromatic N) is 1. The Morgan fingerprint density at radius 2 is 1.90 bits per heavy atom. The lowest BCUT2D eigenvalue weighted by atomic mass is 9.98. The molecule has 112 valence electrons. The van der Waals surface area contributed by atoms with Crippen molar-refractivity contribution in [2.24, 2.45) is 0 Å². The molecule has 0 atom stereocenters. The Balaban J connectivity index is 2.71. The van der Waals surface area contributed by atoms with Gasteiger partial charge in [0.05, 0.1) is 0 Å². The third-order valence-electron chi connectivity index (χ3n) is 3.74. The summed E-state index contributed by atoms with van der Waals surface area (Å²) in [5.74, 6) is 0.515. The van der Waals surface area contributed by atoms with E-state index < -0.39 is 0 Å². The molecule has 1 N–H and O–H groups in total. The molecule has 0 bridgehead atoms. The molecule has 1 aromatic rings. The standard InChI is InChI=1S/C17H28N2O/c1-6-19(7-2)12-11-16(20)18-17-14(5)9-8-10-15(17)13(3)4/h8-10,13H,6-7,11-12H2,1-5H3,(H,18,20). The van der Waals surface area contributed by atoms with Crippen LogP contribution in [-0.2, 0) is 4.79 Å². The molecule has 20 heavy (non-hydrogen) atoms. The Kier molecular flexibility index (Phi) is 6.73. The molecule has 3 heteroatoms. The Labute approximate surface area is 123 Å². The minimum absolute atomic E-state index is 0.105. The minimum atomic E-state index is 0.105. The number of rotatable bonds is 7. The van der Waals surface area contributed by atoms with Crippen LogP contribution in [0.5, 0.6) is 0 Å². The van der Waals surface area contributed by atoms with E-state index in [-0.39, 0.29) is 5.91 Å². The fraction of sp³-hybridized carbons (Fsp3) is 0.588. The number of hydrogen-bond donors (Lipinski definition) is 1. The lowest BCUT2D eigenvalue weighted by molar-refractivity contribution is -0.116. The average molecular weight is 276 g/mol. The molecule has 1 amide bonds. The molecule has 0 aromatic heterocycles. The molecule has 0 aliphatic carbocycles. The van der Waals surface area contributed by atoms with E-state index in [0.29, 0.717) is 12.3 Å². The zero-order chi connectivity index (χ0) is 15.1. The number of aryl methyl sites for hydroxylation is 1. The fourth-order valence-corrected chi connectivity index (χ4v) is 2.34. The van der Waals surface area contributed by atoms with E-state index in [9.17, 15) is 4.79 Å². The van der Waals surface area contributed by atoms with Crippen LogP contribution in [0.1, 0.15) is 51.2 Å². The quantitative estimate of drug-likeness (QED) is 0.821. The van der Waals surface area contributed by atoms with Crippen LogP contribution in [0, 0.1) is 6.92 Å². The van der Waals surface area contributed by atoms with E-state index >= 15 is 0 Å². The third kappa shape index (κ3) is 4.64. The van der Waals surface area contributed by atoms with E-state index in [4.69, 9.17) is 0 Å². The molecule has 1 aromatic carbocycles. The van der Waals surface area contributed by atoms with Gasteiger partial charge in [-0.1, -0.05) is 45.9 Å². The summed E-state index contributed by atoms with van der Waals surface area (Å²) in [7, 11) is 0. The maximum absolute atomic E-state index is 12.1. The van der Waals surface area contributed by atoms with Crippen LogP contribution in [-0.4, -0.2) is 30.4 Å². The first-order valence-corrected chi connectivity index (χ1v) is 7.61. The van der Waals surface area contributed by atoms with Crippen molar-refractivity contribution >= 4 is 11.6 Å². The Hall–Kier alpha value is -1.35. The van der Waals surface area contributed by atoms with Gasteiger partial charge in [0.15, 0.2) is 0 Å². The number of amides is 1. The van der Waals surface area contributed by atoms with Gasteiger partial charge in [-0.3, -0.25) is 4.79 Å². The molecule has 0 radical (unpaired) electrons. The van der Waals surface area contributed by atoms with Crippen molar-refractivity contribution in [3.05, 3.63) is 29.3 Å². The smallest absolute Gasteiger partial charge is 0.225 e. The molecule has 0 unspecified atom stereocenters. The Morgan fingerprint density at radius 3 is 2.45 bits per heavy atom. The van der Waals surface area contributed by atoms with Gasteiger partial charge < -0.3 is 10.2 Å². The van der Waals surface area contributed by atoms with Crippen molar-refractivity contribution in [3.63, 3.8) is 0 Å². The summed E-state index contributed by atoms with van der Waals surface area (Å²) >= 11 is 0. The minimum Gasteiger partial charge on any atom is -0.326 e. The molecule has 0 saturated heterocycles. The van der Waals surface area contributed by atoms with E-state index in [1.54, 1.807) is 0 Å². The van der Waals surface area contributed by atoms with Gasteiger partial charge in [-0.2, -0.15) is 0 Å². The summed E-state index contributed by atoms with van der Waals surface area (Å²) in [5.41, 5.74) is 3.33. The van der Waals surface area contributed by atoms with Crippen LogP contribution in [0.3, 0.4) is 0 Å². The second kappa shape index (κ2) is 8.05. The second-order valence-corrected chi connectivity index (χ2v) is 5.52. The van der Waals surface area contributed by atoms with Gasteiger partial charge in [-0.25, -0.2) is 0 Å². The summed E-state index contributed by atoms with van der Waals surface area (Å²) in [5, 5.41) is 3.10.